The number of benzene rings is 1. The average molecular weight is 309 g/mol. The van der Waals surface area contributed by atoms with Crippen LogP contribution in [0.4, 0.5) is 4.79 Å². The molecule has 22 heavy (non-hydrogen) atoms. The fourth-order valence-corrected chi connectivity index (χ4v) is 1.92. The Morgan fingerprint density at radius 1 is 1.14 bits per heavy atom. The highest BCUT2D eigenvalue weighted by Gasteiger charge is 2.20. The van der Waals surface area contributed by atoms with Crippen molar-refractivity contribution in [1.82, 2.24) is 4.90 Å². The van der Waals surface area contributed by atoms with E-state index in [-0.39, 0.29) is 6.09 Å². The molecule has 0 unspecified atom stereocenters. The van der Waals surface area contributed by atoms with Crippen LogP contribution in [-0.2, 0) is 11.3 Å². The molecule has 4 nitrogen and oxygen atoms in total. The van der Waals surface area contributed by atoms with Gasteiger partial charge in [0.1, 0.15) is 11.4 Å². The second kappa shape index (κ2) is 8.66. The van der Waals surface area contributed by atoms with Crippen LogP contribution in [0, 0.1) is 13.8 Å². The summed E-state index contributed by atoms with van der Waals surface area (Å²) in [6.07, 6.45) is -0.323. The number of amides is 1. The summed E-state index contributed by atoms with van der Waals surface area (Å²) in [7, 11) is 3.39. The number of carbonyl (C=O) groups is 1. The van der Waals surface area contributed by atoms with Gasteiger partial charge in [-0.05, 0) is 57.4 Å². The Balaban J connectivity index is 0.00000211. The normalized spacial score (nSPS) is 10.4. The number of rotatable bonds is 3. The minimum Gasteiger partial charge on any atom is -0.496 e. The number of ether oxygens (including phenoxy) is 2. The molecule has 0 aliphatic carbocycles. The van der Waals surface area contributed by atoms with Gasteiger partial charge in [-0.15, -0.1) is 0 Å². The van der Waals surface area contributed by atoms with Gasteiger partial charge >= 0.3 is 6.09 Å². The Bertz CT molecular complexity index is 490. The zero-order valence-electron chi connectivity index (χ0n) is 15.5. The maximum Gasteiger partial charge on any atom is 0.410 e. The van der Waals surface area contributed by atoms with Crippen molar-refractivity contribution < 1.29 is 14.3 Å². The molecule has 0 heterocycles. The lowest BCUT2D eigenvalue weighted by atomic mass is 10.0. The molecule has 126 valence electrons. The van der Waals surface area contributed by atoms with Crippen LogP contribution in [-0.4, -0.2) is 30.8 Å². The van der Waals surface area contributed by atoms with Crippen molar-refractivity contribution in [3.8, 4) is 5.75 Å². The summed E-state index contributed by atoms with van der Waals surface area (Å²) < 4.78 is 10.7. The number of methoxy groups -OCH3 is 1. The third-order valence-corrected chi connectivity index (χ3v) is 2.97. The fraction of sp³-hybridized carbons (Fsp3) is 0.611. The summed E-state index contributed by atoms with van der Waals surface area (Å²) in [6.45, 7) is 14.1. The summed E-state index contributed by atoms with van der Waals surface area (Å²) in [4.78, 5) is 13.5. The summed E-state index contributed by atoms with van der Waals surface area (Å²) in [5.41, 5.74) is 2.80. The number of aryl methyl sites for hydroxylation is 2. The predicted molar refractivity (Wildman–Crippen MR) is 91.5 cm³/mol. The molecular weight excluding hydrogens is 278 g/mol. The first-order chi connectivity index (χ1) is 10.1. The molecule has 0 aliphatic heterocycles. The van der Waals surface area contributed by atoms with Crippen LogP contribution in [0.3, 0.4) is 0 Å². The SMILES string of the molecule is CC.COc1cc(CN(C)C(=O)OC(C)(C)C)c(C)cc1C. The van der Waals surface area contributed by atoms with Crippen molar-refractivity contribution in [1.29, 1.82) is 0 Å². The highest BCUT2D eigenvalue weighted by atomic mass is 16.6. The third-order valence-electron chi connectivity index (χ3n) is 2.97. The molecule has 0 spiro atoms. The minimum absolute atomic E-state index is 0.323. The average Bonchev–Trinajstić information content (AvgIpc) is 2.42. The van der Waals surface area contributed by atoms with Crippen molar-refractivity contribution in [2.75, 3.05) is 14.2 Å². The number of carbonyl (C=O) groups excluding carboxylic acids is 1. The van der Waals surface area contributed by atoms with Crippen LogP contribution in [0.15, 0.2) is 12.1 Å². The number of hydrogen-bond acceptors (Lipinski definition) is 3. The molecule has 1 amide bonds. The molecule has 0 saturated heterocycles. The van der Waals surface area contributed by atoms with Crippen molar-refractivity contribution in [3.05, 3.63) is 28.8 Å². The Hall–Kier alpha value is -1.71. The van der Waals surface area contributed by atoms with E-state index < -0.39 is 5.60 Å². The van der Waals surface area contributed by atoms with E-state index in [4.69, 9.17) is 9.47 Å². The Kier molecular flexibility index (Phi) is 7.99. The first-order valence-corrected chi connectivity index (χ1v) is 7.72. The first-order valence-electron chi connectivity index (χ1n) is 7.72. The van der Waals surface area contributed by atoms with Crippen LogP contribution in [0.2, 0.25) is 0 Å². The smallest absolute Gasteiger partial charge is 0.410 e. The van der Waals surface area contributed by atoms with Gasteiger partial charge in [-0.1, -0.05) is 19.9 Å². The van der Waals surface area contributed by atoms with E-state index in [1.165, 1.54) is 0 Å². The molecule has 0 bridgehead atoms. The zero-order valence-corrected chi connectivity index (χ0v) is 15.5. The third kappa shape index (κ3) is 6.37. The summed E-state index contributed by atoms with van der Waals surface area (Å²) >= 11 is 0. The molecule has 1 aromatic rings. The van der Waals surface area contributed by atoms with Crippen LogP contribution in [0.25, 0.3) is 0 Å². The molecule has 0 radical (unpaired) electrons. The van der Waals surface area contributed by atoms with Gasteiger partial charge in [-0.3, -0.25) is 0 Å². The van der Waals surface area contributed by atoms with E-state index >= 15 is 0 Å². The van der Waals surface area contributed by atoms with Gasteiger partial charge in [0.05, 0.1) is 7.11 Å². The summed E-state index contributed by atoms with van der Waals surface area (Å²) in [6, 6.07) is 4.04. The molecule has 4 heteroatoms. The van der Waals surface area contributed by atoms with Crippen LogP contribution in [0.1, 0.15) is 51.3 Å². The van der Waals surface area contributed by atoms with E-state index in [9.17, 15) is 4.79 Å². The number of hydrogen-bond donors (Lipinski definition) is 0. The van der Waals surface area contributed by atoms with Gasteiger partial charge in [-0.25, -0.2) is 4.79 Å². The monoisotopic (exact) mass is 309 g/mol. The maximum atomic E-state index is 12.0. The molecule has 0 N–H and O–H groups in total. The summed E-state index contributed by atoms with van der Waals surface area (Å²) in [5, 5.41) is 0. The quantitative estimate of drug-likeness (QED) is 0.812. The zero-order chi connectivity index (χ0) is 17.5. The molecule has 1 aromatic carbocycles. The van der Waals surface area contributed by atoms with Crippen molar-refractivity contribution >= 4 is 6.09 Å². The first kappa shape index (κ1) is 20.3. The van der Waals surface area contributed by atoms with Gasteiger partial charge in [0.25, 0.3) is 0 Å². The highest BCUT2D eigenvalue weighted by molar-refractivity contribution is 5.67. The lowest BCUT2D eigenvalue weighted by Gasteiger charge is -2.25. The molecular formula is C18H31NO3. The lowest BCUT2D eigenvalue weighted by molar-refractivity contribution is 0.0285. The fourth-order valence-electron chi connectivity index (χ4n) is 1.92. The molecule has 0 aliphatic rings. The van der Waals surface area contributed by atoms with Crippen LogP contribution in [0.5, 0.6) is 5.75 Å². The van der Waals surface area contributed by atoms with Gasteiger partial charge in [0.15, 0.2) is 0 Å². The van der Waals surface area contributed by atoms with Crippen LogP contribution < -0.4 is 4.74 Å². The van der Waals surface area contributed by atoms with Crippen LogP contribution >= 0.6 is 0 Å². The molecule has 0 fully saturated rings. The largest absolute Gasteiger partial charge is 0.496 e. The van der Waals surface area contributed by atoms with E-state index in [0.29, 0.717) is 6.54 Å². The second-order valence-corrected chi connectivity index (χ2v) is 6.08. The maximum absolute atomic E-state index is 12.0. The topological polar surface area (TPSA) is 38.8 Å². The van der Waals surface area contributed by atoms with E-state index in [0.717, 1.165) is 22.4 Å². The molecule has 1 rings (SSSR count). The Labute approximate surface area is 135 Å². The Morgan fingerprint density at radius 3 is 2.14 bits per heavy atom. The van der Waals surface area contributed by atoms with E-state index in [2.05, 4.69) is 6.07 Å². The van der Waals surface area contributed by atoms with Crippen molar-refractivity contribution in [2.45, 2.75) is 60.6 Å². The lowest BCUT2D eigenvalue weighted by Crippen LogP contribution is -2.34. The predicted octanol–water partition coefficient (Wildman–Crippen LogP) is 4.71. The van der Waals surface area contributed by atoms with E-state index in [1.807, 2.05) is 54.5 Å². The highest BCUT2D eigenvalue weighted by Crippen LogP contribution is 2.23. The summed E-state index contributed by atoms with van der Waals surface area (Å²) in [5.74, 6) is 0.836. The number of nitrogens with zero attached hydrogens (tertiary/aromatic N) is 1. The molecule has 0 atom stereocenters. The van der Waals surface area contributed by atoms with Gasteiger partial charge < -0.3 is 14.4 Å². The Morgan fingerprint density at radius 2 is 1.68 bits per heavy atom. The van der Waals surface area contributed by atoms with Gasteiger partial charge in [0, 0.05) is 13.6 Å². The van der Waals surface area contributed by atoms with Crippen molar-refractivity contribution in [3.63, 3.8) is 0 Å². The van der Waals surface area contributed by atoms with Gasteiger partial charge in [-0.2, -0.15) is 0 Å². The minimum atomic E-state index is -0.481. The van der Waals surface area contributed by atoms with Crippen molar-refractivity contribution in [2.24, 2.45) is 0 Å². The standard InChI is InChI=1S/C16H25NO3.C2H6/c1-11-8-12(2)14(19-7)9-13(11)10-17(6)15(18)20-16(3,4)5;1-2/h8-9H,10H2,1-7H3;1-2H3. The van der Waals surface area contributed by atoms with E-state index in [1.54, 1.807) is 19.1 Å². The molecule has 0 aromatic heterocycles. The second-order valence-electron chi connectivity index (χ2n) is 6.08. The van der Waals surface area contributed by atoms with Gasteiger partial charge in [0.2, 0.25) is 0 Å². The molecule has 0 saturated carbocycles.